The number of carboxylic acid groups (broad SMARTS) is 1. The Bertz CT molecular complexity index is 775. The van der Waals surface area contributed by atoms with Crippen molar-refractivity contribution in [3.05, 3.63) is 47.5 Å². The topological polar surface area (TPSA) is 94.1 Å². The van der Waals surface area contributed by atoms with Gasteiger partial charge < -0.3 is 24.6 Å². The van der Waals surface area contributed by atoms with E-state index in [1.807, 2.05) is 0 Å². The van der Waals surface area contributed by atoms with Gasteiger partial charge in [0.25, 0.3) is 5.91 Å². The van der Waals surface area contributed by atoms with Gasteiger partial charge in [0.15, 0.2) is 11.5 Å². The summed E-state index contributed by atoms with van der Waals surface area (Å²) in [5.74, 6) is -0.721. The van der Waals surface area contributed by atoms with Crippen LogP contribution in [0.25, 0.3) is 0 Å². The van der Waals surface area contributed by atoms with E-state index in [0.717, 1.165) is 0 Å². The maximum Gasteiger partial charge on any atom is 0.310 e. The number of aliphatic carboxylic acids is 1. The van der Waals surface area contributed by atoms with Gasteiger partial charge in [-0.1, -0.05) is 12.1 Å². The molecular weight excluding hydrogens is 338 g/mol. The van der Waals surface area contributed by atoms with E-state index in [0.29, 0.717) is 34.1 Å². The molecule has 138 valence electrons. The van der Waals surface area contributed by atoms with Crippen molar-refractivity contribution in [3.63, 3.8) is 0 Å². The van der Waals surface area contributed by atoms with Gasteiger partial charge in [-0.3, -0.25) is 9.59 Å². The Morgan fingerprint density at radius 2 is 1.50 bits per heavy atom. The molecule has 2 aromatic carbocycles. The van der Waals surface area contributed by atoms with Crippen LogP contribution in [0.3, 0.4) is 0 Å². The van der Waals surface area contributed by atoms with Crippen molar-refractivity contribution in [2.24, 2.45) is 0 Å². The number of hydrogen-bond donors (Lipinski definition) is 2. The predicted octanol–water partition coefficient (Wildman–Crippen LogP) is 3.15. The number of carbonyl (C=O) groups excluding carboxylic acids is 1. The lowest BCUT2D eigenvalue weighted by molar-refractivity contribution is -0.138. The highest BCUT2D eigenvalue weighted by Gasteiger charge is 2.17. The molecule has 2 N–H and O–H groups in total. The monoisotopic (exact) mass is 359 g/mol. The second-order valence-electron chi connectivity index (χ2n) is 5.55. The molecule has 1 amide bonds. The van der Waals surface area contributed by atoms with E-state index in [4.69, 9.17) is 19.3 Å². The number of ether oxygens (including phenoxy) is 3. The summed E-state index contributed by atoms with van der Waals surface area (Å²) in [4.78, 5) is 23.5. The first-order valence-corrected chi connectivity index (χ1v) is 7.85. The van der Waals surface area contributed by atoms with Crippen molar-refractivity contribution in [2.45, 2.75) is 12.8 Å². The second kappa shape index (κ2) is 8.24. The number of anilines is 1. The molecule has 0 radical (unpaired) electrons. The highest BCUT2D eigenvalue weighted by atomic mass is 16.5. The highest BCUT2D eigenvalue weighted by Crippen LogP contribution is 2.38. The zero-order chi connectivity index (χ0) is 19.3. The number of nitrogens with one attached hydrogen (secondary N) is 1. The van der Waals surface area contributed by atoms with Crippen molar-refractivity contribution in [3.8, 4) is 17.2 Å². The first-order chi connectivity index (χ1) is 12.4. The van der Waals surface area contributed by atoms with Crippen LogP contribution in [0.4, 0.5) is 5.69 Å². The Labute approximate surface area is 151 Å². The van der Waals surface area contributed by atoms with E-state index in [1.165, 1.54) is 21.3 Å². The molecule has 0 heterocycles. The van der Waals surface area contributed by atoms with Crippen LogP contribution in [0.15, 0.2) is 36.4 Å². The largest absolute Gasteiger partial charge is 0.493 e. The van der Waals surface area contributed by atoms with E-state index in [1.54, 1.807) is 43.3 Å². The lowest BCUT2D eigenvalue weighted by atomic mass is 10.0. The molecule has 1 unspecified atom stereocenters. The normalized spacial score (nSPS) is 11.4. The first kappa shape index (κ1) is 19.1. The zero-order valence-corrected chi connectivity index (χ0v) is 15.0. The average molecular weight is 359 g/mol. The standard InChI is InChI=1S/C19H21NO6/c1-11(19(22)23)12-5-7-14(8-6-12)20-18(21)13-9-15(24-2)17(26-4)16(10-13)25-3/h5-11H,1-4H3,(H,20,21)(H,22,23). The van der Waals surface area contributed by atoms with E-state index in [9.17, 15) is 9.59 Å². The Hall–Kier alpha value is -3.22. The van der Waals surface area contributed by atoms with Crippen LogP contribution in [0.5, 0.6) is 17.2 Å². The van der Waals surface area contributed by atoms with Crippen LogP contribution in [0, 0.1) is 0 Å². The molecule has 0 bridgehead atoms. The van der Waals surface area contributed by atoms with Crippen molar-refractivity contribution in [1.29, 1.82) is 0 Å². The summed E-state index contributed by atoms with van der Waals surface area (Å²) < 4.78 is 15.7. The van der Waals surface area contributed by atoms with Crippen molar-refractivity contribution in [2.75, 3.05) is 26.6 Å². The van der Waals surface area contributed by atoms with Crippen LogP contribution in [0.2, 0.25) is 0 Å². The third kappa shape index (κ3) is 4.05. The SMILES string of the molecule is COc1cc(C(=O)Nc2ccc(C(C)C(=O)O)cc2)cc(OC)c1OC. The van der Waals surface area contributed by atoms with Crippen molar-refractivity contribution < 1.29 is 28.9 Å². The molecule has 0 aromatic heterocycles. The Morgan fingerprint density at radius 3 is 1.92 bits per heavy atom. The summed E-state index contributed by atoms with van der Waals surface area (Å²) in [7, 11) is 4.43. The zero-order valence-electron chi connectivity index (χ0n) is 15.0. The maximum atomic E-state index is 12.5. The molecule has 26 heavy (non-hydrogen) atoms. The van der Waals surface area contributed by atoms with Crippen molar-refractivity contribution >= 4 is 17.6 Å². The Balaban J connectivity index is 2.23. The average Bonchev–Trinajstić information content (AvgIpc) is 2.66. The summed E-state index contributed by atoms with van der Waals surface area (Å²) in [6.07, 6.45) is 0. The minimum Gasteiger partial charge on any atom is -0.493 e. The summed E-state index contributed by atoms with van der Waals surface area (Å²) in [5, 5.41) is 11.8. The second-order valence-corrected chi connectivity index (χ2v) is 5.55. The fourth-order valence-electron chi connectivity index (χ4n) is 2.41. The molecule has 2 aromatic rings. The Kier molecular flexibility index (Phi) is 6.06. The van der Waals surface area contributed by atoms with Crippen LogP contribution >= 0.6 is 0 Å². The van der Waals surface area contributed by atoms with Gasteiger partial charge in [0, 0.05) is 11.3 Å². The summed E-state index contributed by atoms with van der Waals surface area (Å²) in [6, 6.07) is 9.76. The van der Waals surface area contributed by atoms with Crippen LogP contribution in [-0.4, -0.2) is 38.3 Å². The lowest BCUT2D eigenvalue weighted by Crippen LogP contribution is -2.13. The molecule has 1 atom stereocenters. The van der Waals surface area contributed by atoms with Gasteiger partial charge in [0.2, 0.25) is 5.75 Å². The number of carboxylic acids is 1. The smallest absolute Gasteiger partial charge is 0.310 e. The molecule has 2 rings (SSSR count). The summed E-state index contributed by atoms with van der Waals surface area (Å²) >= 11 is 0. The molecular formula is C19H21NO6. The lowest BCUT2D eigenvalue weighted by Gasteiger charge is -2.14. The van der Waals surface area contributed by atoms with Gasteiger partial charge >= 0.3 is 5.97 Å². The van der Waals surface area contributed by atoms with Gasteiger partial charge in [0.1, 0.15) is 0 Å². The fraction of sp³-hybridized carbons (Fsp3) is 0.263. The third-order valence-corrected chi connectivity index (χ3v) is 3.97. The number of methoxy groups -OCH3 is 3. The van der Waals surface area contributed by atoms with Gasteiger partial charge in [-0.25, -0.2) is 0 Å². The molecule has 0 aliphatic rings. The fourth-order valence-corrected chi connectivity index (χ4v) is 2.41. The molecule has 0 aliphatic heterocycles. The minimum absolute atomic E-state index is 0.336. The molecule has 0 saturated carbocycles. The number of rotatable bonds is 7. The minimum atomic E-state index is -0.904. The highest BCUT2D eigenvalue weighted by molar-refractivity contribution is 6.05. The maximum absolute atomic E-state index is 12.5. The van der Waals surface area contributed by atoms with E-state index < -0.39 is 11.9 Å². The predicted molar refractivity (Wildman–Crippen MR) is 96.5 cm³/mol. The number of amides is 1. The van der Waals surface area contributed by atoms with E-state index >= 15 is 0 Å². The van der Waals surface area contributed by atoms with Crippen LogP contribution in [-0.2, 0) is 4.79 Å². The third-order valence-electron chi connectivity index (χ3n) is 3.97. The van der Waals surface area contributed by atoms with E-state index in [2.05, 4.69) is 5.32 Å². The number of hydrogen-bond acceptors (Lipinski definition) is 5. The van der Waals surface area contributed by atoms with Crippen LogP contribution < -0.4 is 19.5 Å². The number of benzene rings is 2. The van der Waals surface area contributed by atoms with Crippen molar-refractivity contribution in [1.82, 2.24) is 0 Å². The molecule has 7 heteroatoms. The van der Waals surface area contributed by atoms with Gasteiger partial charge in [0.05, 0.1) is 27.2 Å². The summed E-state index contributed by atoms with van der Waals surface area (Å²) in [5.41, 5.74) is 1.54. The summed E-state index contributed by atoms with van der Waals surface area (Å²) in [6.45, 7) is 1.60. The molecule has 0 spiro atoms. The first-order valence-electron chi connectivity index (χ1n) is 7.85. The van der Waals surface area contributed by atoms with E-state index in [-0.39, 0.29) is 5.91 Å². The van der Waals surface area contributed by atoms with Gasteiger partial charge in [-0.05, 0) is 36.8 Å². The molecule has 0 fully saturated rings. The molecule has 7 nitrogen and oxygen atoms in total. The quantitative estimate of drug-likeness (QED) is 0.789. The van der Waals surface area contributed by atoms with Crippen LogP contribution in [0.1, 0.15) is 28.8 Å². The van der Waals surface area contributed by atoms with Gasteiger partial charge in [-0.2, -0.15) is 0 Å². The molecule has 0 saturated heterocycles. The van der Waals surface area contributed by atoms with Gasteiger partial charge in [-0.15, -0.1) is 0 Å². The Morgan fingerprint density at radius 1 is 0.962 bits per heavy atom. The number of carbonyl (C=O) groups is 2. The molecule has 0 aliphatic carbocycles.